The van der Waals surface area contributed by atoms with Crippen LogP contribution in [0.25, 0.3) is 0 Å². The molecule has 0 unspecified atom stereocenters. The van der Waals surface area contributed by atoms with Crippen molar-refractivity contribution in [1.82, 2.24) is 10.6 Å². The molecular formula is C20H31N7O6. The van der Waals surface area contributed by atoms with E-state index in [4.69, 9.17) is 22.9 Å². The molecule has 0 saturated heterocycles. The van der Waals surface area contributed by atoms with Crippen LogP contribution in [0, 0.1) is 0 Å². The van der Waals surface area contributed by atoms with E-state index in [1.807, 2.05) is 0 Å². The van der Waals surface area contributed by atoms with E-state index in [-0.39, 0.29) is 50.4 Å². The van der Waals surface area contributed by atoms with Crippen molar-refractivity contribution in [2.75, 3.05) is 6.54 Å². The van der Waals surface area contributed by atoms with Gasteiger partial charge in [0.15, 0.2) is 5.96 Å². The van der Waals surface area contributed by atoms with Crippen molar-refractivity contribution >= 4 is 29.7 Å². The van der Waals surface area contributed by atoms with E-state index in [1.54, 1.807) is 12.1 Å². The van der Waals surface area contributed by atoms with Gasteiger partial charge in [0.2, 0.25) is 17.7 Å². The number of carbonyl (C=O) groups excluding carboxylic acids is 3. The summed E-state index contributed by atoms with van der Waals surface area (Å²) >= 11 is 0. The van der Waals surface area contributed by atoms with Gasteiger partial charge in [-0.2, -0.15) is 0 Å². The predicted molar refractivity (Wildman–Crippen MR) is 120 cm³/mol. The molecule has 0 spiro atoms. The van der Waals surface area contributed by atoms with E-state index in [9.17, 15) is 29.4 Å². The van der Waals surface area contributed by atoms with Gasteiger partial charge in [-0.1, -0.05) is 12.1 Å². The zero-order valence-corrected chi connectivity index (χ0v) is 18.1. The monoisotopic (exact) mass is 465 g/mol. The molecule has 13 nitrogen and oxygen atoms in total. The Morgan fingerprint density at radius 2 is 1.55 bits per heavy atom. The summed E-state index contributed by atoms with van der Waals surface area (Å²) < 4.78 is 0. The number of nitrogens with one attached hydrogen (secondary N) is 2. The minimum Gasteiger partial charge on any atom is -0.508 e. The summed E-state index contributed by atoms with van der Waals surface area (Å²) in [5.41, 5.74) is 22.2. The Balaban J connectivity index is 2.79. The molecule has 0 aliphatic heterocycles. The third-order valence-corrected chi connectivity index (χ3v) is 4.60. The summed E-state index contributed by atoms with van der Waals surface area (Å²) in [6, 6.07) is 2.57. The van der Waals surface area contributed by atoms with Crippen molar-refractivity contribution in [3.05, 3.63) is 29.8 Å². The Kier molecular flexibility index (Phi) is 11.1. The van der Waals surface area contributed by atoms with Gasteiger partial charge in [-0.15, -0.1) is 0 Å². The van der Waals surface area contributed by atoms with Crippen LogP contribution in [0.4, 0.5) is 0 Å². The number of aromatic hydroxyl groups is 1. The number of primary amides is 1. The van der Waals surface area contributed by atoms with Crippen LogP contribution in [0.5, 0.6) is 5.75 Å². The highest BCUT2D eigenvalue weighted by Crippen LogP contribution is 2.11. The number of carbonyl (C=O) groups is 4. The Morgan fingerprint density at radius 3 is 2.09 bits per heavy atom. The molecule has 1 aromatic carbocycles. The molecule has 0 aliphatic carbocycles. The Bertz CT molecular complexity index is 855. The average molecular weight is 466 g/mol. The number of carboxylic acids is 1. The Labute approximate surface area is 190 Å². The van der Waals surface area contributed by atoms with Crippen LogP contribution in [0.3, 0.4) is 0 Å². The fraction of sp³-hybridized carbons (Fsp3) is 0.450. The molecule has 3 amide bonds. The van der Waals surface area contributed by atoms with Crippen molar-refractivity contribution < 1.29 is 29.4 Å². The lowest BCUT2D eigenvalue weighted by molar-refractivity contribution is -0.142. The van der Waals surface area contributed by atoms with Gasteiger partial charge in [-0.05, 0) is 43.4 Å². The van der Waals surface area contributed by atoms with E-state index in [1.165, 1.54) is 12.1 Å². The highest BCUT2D eigenvalue weighted by atomic mass is 16.4. The first-order chi connectivity index (χ1) is 15.5. The molecule has 0 radical (unpaired) electrons. The van der Waals surface area contributed by atoms with Crippen LogP contribution in [0.1, 0.15) is 31.2 Å². The van der Waals surface area contributed by atoms with Crippen molar-refractivity contribution in [1.29, 1.82) is 0 Å². The van der Waals surface area contributed by atoms with Crippen LogP contribution < -0.4 is 33.6 Å². The number of aliphatic imine (C=N–C) groups is 1. The molecule has 0 aromatic heterocycles. The summed E-state index contributed by atoms with van der Waals surface area (Å²) in [5, 5.41) is 23.5. The second-order valence-corrected chi connectivity index (χ2v) is 7.39. The highest BCUT2D eigenvalue weighted by Gasteiger charge is 2.28. The summed E-state index contributed by atoms with van der Waals surface area (Å²) in [6.45, 7) is 0.177. The first-order valence-electron chi connectivity index (χ1n) is 10.2. The van der Waals surface area contributed by atoms with Gasteiger partial charge in [0.05, 0.1) is 6.04 Å². The van der Waals surface area contributed by atoms with Crippen LogP contribution in [0.2, 0.25) is 0 Å². The molecule has 182 valence electrons. The maximum Gasteiger partial charge on any atom is 0.326 e. The zero-order chi connectivity index (χ0) is 25.0. The molecule has 0 bridgehead atoms. The molecule has 0 aliphatic rings. The molecule has 13 heteroatoms. The third-order valence-electron chi connectivity index (χ3n) is 4.60. The third kappa shape index (κ3) is 10.8. The Hall–Kier alpha value is -3.87. The number of amides is 3. The number of hydrogen-bond acceptors (Lipinski definition) is 7. The van der Waals surface area contributed by atoms with Crippen LogP contribution in [-0.4, -0.2) is 64.5 Å². The minimum absolute atomic E-state index is 0.0364. The fourth-order valence-corrected chi connectivity index (χ4v) is 2.85. The van der Waals surface area contributed by atoms with Gasteiger partial charge >= 0.3 is 5.97 Å². The maximum absolute atomic E-state index is 12.7. The lowest BCUT2D eigenvalue weighted by Crippen LogP contribution is -2.55. The lowest BCUT2D eigenvalue weighted by atomic mass is 10.0. The van der Waals surface area contributed by atoms with Crippen molar-refractivity contribution in [3.63, 3.8) is 0 Å². The topological polar surface area (TPSA) is 249 Å². The molecule has 33 heavy (non-hydrogen) atoms. The molecule has 3 atom stereocenters. The molecule has 1 rings (SSSR count). The summed E-state index contributed by atoms with van der Waals surface area (Å²) in [6.07, 6.45) is 0.0887. The van der Waals surface area contributed by atoms with Crippen molar-refractivity contribution in [3.8, 4) is 5.75 Å². The number of aliphatic carboxylic acids is 1. The van der Waals surface area contributed by atoms with Gasteiger partial charge in [-0.25, -0.2) is 4.79 Å². The maximum atomic E-state index is 12.7. The number of benzene rings is 1. The van der Waals surface area contributed by atoms with E-state index >= 15 is 0 Å². The van der Waals surface area contributed by atoms with Crippen LogP contribution in [-0.2, 0) is 25.6 Å². The van der Waals surface area contributed by atoms with Gasteiger partial charge in [0.1, 0.15) is 17.8 Å². The quantitative estimate of drug-likeness (QED) is 0.0829. The SMILES string of the molecule is NC(=O)CC[C@H](NC(=O)[C@@H](N)Cc1ccc(O)cc1)C(=O)N[C@@H](CCCN=C(N)N)C(=O)O. The van der Waals surface area contributed by atoms with Gasteiger partial charge in [-0.3, -0.25) is 19.4 Å². The lowest BCUT2D eigenvalue weighted by Gasteiger charge is -2.22. The zero-order valence-electron chi connectivity index (χ0n) is 18.1. The molecule has 12 N–H and O–H groups in total. The number of phenolic OH excluding ortho intramolecular Hbond substituents is 1. The number of rotatable bonds is 14. The number of carboxylic acid groups (broad SMARTS) is 1. The van der Waals surface area contributed by atoms with E-state index in [2.05, 4.69) is 15.6 Å². The van der Waals surface area contributed by atoms with E-state index < -0.39 is 41.8 Å². The molecule has 0 fully saturated rings. The first-order valence-corrected chi connectivity index (χ1v) is 10.2. The average Bonchev–Trinajstić information content (AvgIpc) is 2.73. The largest absolute Gasteiger partial charge is 0.508 e. The van der Waals surface area contributed by atoms with Crippen molar-refractivity contribution in [2.45, 2.75) is 50.2 Å². The number of nitrogens with two attached hydrogens (primary N) is 4. The second kappa shape index (κ2) is 13.5. The van der Waals surface area contributed by atoms with Crippen molar-refractivity contribution in [2.24, 2.45) is 27.9 Å². The minimum atomic E-state index is -1.28. The summed E-state index contributed by atoms with van der Waals surface area (Å²) in [7, 11) is 0. The molecule has 0 saturated carbocycles. The number of guanidine groups is 1. The van der Waals surface area contributed by atoms with E-state index in [0.717, 1.165) is 0 Å². The number of hydrogen-bond donors (Lipinski definition) is 8. The Morgan fingerprint density at radius 1 is 0.939 bits per heavy atom. The standard InChI is InChI=1S/C20H31N7O6/c21-13(10-11-3-5-12(28)6-4-11)17(30)26-14(7-8-16(22)29)18(31)27-15(19(32)33)2-1-9-25-20(23)24/h3-6,13-15,28H,1-2,7-10,21H2,(H2,22,29)(H,26,30)(H,27,31)(H,32,33)(H4,23,24,25)/t13-,14-,15-/m0/s1. The molecule has 0 heterocycles. The first kappa shape index (κ1) is 27.2. The van der Waals surface area contributed by atoms with Crippen LogP contribution >= 0.6 is 0 Å². The smallest absolute Gasteiger partial charge is 0.326 e. The number of nitrogens with zero attached hydrogens (tertiary/aromatic N) is 1. The normalized spacial score (nSPS) is 13.2. The van der Waals surface area contributed by atoms with Gasteiger partial charge in [0, 0.05) is 13.0 Å². The molecular weight excluding hydrogens is 434 g/mol. The second-order valence-electron chi connectivity index (χ2n) is 7.39. The van der Waals surface area contributed by atoms with Gasteiger partial charge in [0.25, 0.3) is 0 Å². The fourth-order valence-electron chi connectivity index (χ4n) is 2.85. The van der Waals surface area contributed by atoms with Gasteiger partial charge < -0.3 is 43.8 Å². The predicted octanol–water partition coefficient (Wildman–Crippen LogP) is -2.36. The summed E-state index contributed by atoms with van der Waals surface area (Å²) in [5.74, 6) is -3.52. The number of phenols is 1. The molecule has 1 aromatic rings. The summed E-state index contributed by atoms with van der Waals surface area (Å²) in [4.78, 5) is 51.7. The van der Waals surface area contributed by atoms with E-state index in [0.29, 0.717) is 5.56 Å². The van der Waals surface area contributed by atoms with Crippen LogP contribution in [0.15, 0.2) is 29.3 Å². The highest BCUT2D eigenvalue weighted by molar-refractivity contribution is 5.92.